The van der Waals surface area contributed by atoms with E-state index in [1.165, 1.54) is 0 Å². The molecule has 0 atom stereocenters. The molecule has 15 heavy (non-hydrogen) atoms. The van der Waals surface area contributed by atoms with Crippen LogP contribution in [0.25, 0.3) is 0 Å². The molecular weight excluding hydrogens is 184 g/mol. The molecule has 74 valence electrons. The van der Waals surface area contributed by atoms with Gasteiger partial charge >= 0.3 is 0 Å². The Labute approximate surface area is 89.8 Å². The second kappa shape index (κ2) is 4.61. The second-order valence-corrected chi connectivity index (χ2v) is 3.59. The van der Waals surface area contributed by atoms with Crippen LogP contribution in [0.2, 0.25) is 0 Å². The molecule has 0 aliphatic heterocycles. The van der Waals surface area contributed by atoms with Crippen molar-refractivity contribution >= 4 is 6.29 Å². The van der Waals surface area contributed by atoms with Gasteiger partial charge in [0.1, 0.15) is 6.29 Å². The van der Waals surface area contributed by atoms with Crippen molar-refractivity contribution in [3.05, 3.63) is 47.0 Å². The normalized spacial score (nSPS) is 14.7. The fourth-order valence-electron chi connectivity index (χ4n) is 1.71. The molecule has 1 heteroatoms. The molecule has 0 radical (unpaired) electrons. The fourth-order valence-corrected chi connectivity index (χ4v) is 1.71. The Hall–Kier alpha value is -1.81. The van der Waals surface area contributed by atoms with Crippen LogP contribution in [0.15, 0.2) is 41.5 Å². The van der Waals surface area contributed by atoms with Crippen molar-refractivity contribution in [1.29, 1.82) is 0 Å². The van der Waals surface area contributed by atoms with E-state index in [1.807, 2.05) is 30.3 Å². The van der Waals surface area contributed by atoms with Crippen molar-refractivity contribution < 1.29 is 4.79 Å². The van der Waals surface area contributed by atoms with Crippen molar-refractivity contribution in [2.45, 2.75) is 19.3 Å². The number of rotatable bonds is 1. The molecule has 0 amide bonds. The van der Waals surface area contributed by atoms with Gasteiger partial charge in [-0.15, -0.1) is 0 Å². The van der Waals surface area contributed by atoms with Gasteiger partial charge in [0.15, 0.2) is 0 Å². The molecule has 0 spiro atoms. The van der Waals surface area contributed by atoms with Crippen LogP contribution in [-0.2, 0) is 4.79 Å². The van der Waals surface area contributed by atoms with Crippen LogP contribution in [0.1, 0.15) is 24.8 Å². The van der Waals surface area contributed by atoms with Crippen LogP contribution < -0.4 is 0 Å². The van der Waals surface area contributed by atoms with E-state index in [0.717, 1.165) is 42.3 Å². The maximum Gasteiger partial charge on any atom is 0.146 e. The first kappa shape index (κ1) is 9.73. The number of carbonyl (C=O) groups excluding carboxylic acids is 1. The van der Waals surface area contributed by atoms with Crippen molar-refractivity contribution in [1.82, 2.24) is 0 Å². The Bertz CT molecular complexity index is 443. The standard InChI is InChI=1S/C14H12O/c15-11-14-8-4-7-13(14)10-9-12-5-2-1-3-6-12/h1-3,5-6,11H,4,7-8H2. The van der Waals surface area contributed by atoms with Gasteiger partial charge in [-0.25, -0.2) is 0 Å². The number of hydrogen-bond acceptors (Lipinski definition) is 1. The molecule has 1 aromatic carbocycles. The third-order valence-corrected chi connectivity index (χ3v) is 2.53. The van der Waals surface area contributed by atoms with Crippen molar-refractivity contribution in [3.8, 4) is 11.8 Å². The molecule has 0 N–H and O–H groups in total. The molecule has 0 fully saturated rings. The molecule has 0 saturated carbocycles. The Morgan fingerprint density at radius 2 is 1.87 bits per heavy atom. The van der Waals surface area contributed by atoms with Crippen LogP contribution in [0, 0.1) is 11.8 Å². The van der Waals surface area contributed by atoms with Crippen LogP contribution >= 0.6 is 0 Å². The Kier molecular flexibility index (Phi) is 2.99. The molecule has 1 aliphatic carbocycles. The third kappa shape index (κ3) is 2.35. The van der Waals surface area contributed by atoms with E-state index in [1.54, 1.807) is 0 Å². The van der Waals surface area contributed by atoms with Crippen molar-refractivity contribution in [2.75, 3.05) is 0 Å². The average molecular weight is 196 g/mol. The molecule has 0 bridgehead atoms. The van der Waals surface area contributed by atoms with E-state index in [4.69, 9.17) is 0 Å². The van der Waals surface area contributed by atoms with Crippen LogP contribution in [0.5, 0.6) is 0 Å². The maximum absolute atomic E-state index is 10.7. The molecule has 0 unspecified atom stereocenters. The lowest BCUT2D eigenvalue weighted by molar-refractivity contribution is -0.105. The lowest BCUT2D eigenvalue weighted by atomic mass is 10.1. The Balaban J connectivity index is 2.22. The summed E-state index contributed by atoms with van der Waals surface area (Å²) in [6, 6.07) is 9.85. The fraction of sp³-hybridized carbons (Fsp3) is 0.214. The molecule has 1 aromatic rings. The van der Waals surface area contributed by atoms with E-state index >= 15 is 0 Å². The monoisotopic (exact) mass is 196 g/mol. The van der Waals surface area contributed by atoms with Crippen LogP contribution in [-0.4, -0.2) is 6.29 Å². The quantitative estimate of drug-likeness (QED) is 0.498. The van der Waals surface area contributed by atoms with E-state index in [2.05, 4.69) is 11.8 Å². The zero-order valence-corrected chi connectivity index (χ0v) is 8.49. The highest BCUT2D eigenvalue weighted by molar-refractivity contribution is 5.77. The minimum Gasteiger partial charge on any atom is -0.298 e. The number of hydrogen-bond donors (Lipinski definition) is 0. The lowest BCUT2D eigenvalue weighted by Gasteiger charge is -1.90. The highest BCUT2D eigenvalue weighted by Gasteiger charge is 2.11. The van der Waals surface area contributed by atoms with Gasteiger partial charge in [-0.2, -0.15) is 0 Å². The predicted octanol–water partition coefficient (Wildman–Crippen LogP) is 2.72. The largest absolute Gasteiger partial charge is 0.298 e. The van der Waals surface area contributed by atoms with E-state index in [0.29, 0.717) is 0 Å². The van der Waals surface area contributed by atoms with Crippen LogP contribution in [0.4, 0.5) is 0 Å². The molecular formula is C14H12O. The summed E-state index contributed by atoms with van der Waals surface area (Å²) in [5, 5.41) is 0. The van der Waals surface area contributed by atoms with Gasteiger partial charge in [0.2, 0.25) is 0 Å². The highest BCUT2D eigenvalue weighted by atomic mass is 16.1. The van der Waals surface area contributed by atoms with Gasteiger partial charge < -0.3 is 0 Å². The van der Waals surface area contributed by atoms with Crippen molar-refractivity contribution in [3.63, 3.8) is 0 Å². The first-order chi connectivity index (χ1) is 7.40. The first-order valence-electron chi connectivity index (χ1n) is 5.14. The van der Waals surface area contributed by atoms with Gasteiger partial charge in [0.05, 0.1) is 0 Å². The lowest BCUT2D eigenvalue weighted by Crippen LogP contribution is -1.82. The van der Waals surface area contributed by atoms with Gasteiger partial charge in [-0.1, -0.05) is 30.0 Å². The summed E-state index contributed by atoms with van der Waals surface area (Å²) >= 11 is 0. The Morgan fingerprint density at radius 1 is 1.07 bits per heavy atom. The highest BCUT2D eigenvalue weighted by Crippen LogP contribution is 2.23. The summed E-state index contributed by atoms with van der Waals surface area (Å²) in [4.78, 5) is 10.7. The summed E-state index contributed by atoms with van der Waals surface area (Å²) in [5.74, 6) is 6.18. The minimum absolute atomic E-state index is 0.887. The zero-order chi connectivity index (χ0) is 10.5. The zero-order valence-electron chi connectivity index (χ0n) is 8.49. The van der Waals surface area contributed by atoms with Gasteiger partial charge in [-0.05, 0) is 31.4 Å². The summed E-state index contributed by atoms with van der Waals surface area (Å²) < 4.78 is 0. The van der Waals surface area contributed by atoms with Gasteiger partial charge in [0, 0.05) is 16.7 Å². The number of aldehydes is 1. The summed E-state index contributed by atoms with van der Waals surface area (Å²) in [5.41, 5.74) is 2.91. The first-order valence-corrected chi connectivity index (χ1v) is 5.14. The van der Waals surface area contributed by atoms with E-state index in [9.17, 15) is 4.79 Å². The van der Waals surface area contributed by atoms with Gasteiger partial charge in [-0.3, -0.25) is 4.79 Å². The molecule has 1 aliphatic rings. The summed E-state index contributed by atoms with van der Waals surface area (Å²) in [6.07, 6.45) is 3.85. The maximum atomic E-state index is 10.7. The van der Waals surface area contributed by atoms with Crippen LogP contribution in [0.3, 0.4) is 0 Å². The third-order valence-electron chi connectivity index (χ3n) is 2.53. The summed E-state index contributed by atoms with van der Waals surface area (Å²) in [6.45, 7) is 0. The minimum atomic E-state index is 0.887. The van der Waals surface area contributed by atoms with Gasteiger partial charge in [0.25, 0.3) is 0 Å². The predicted molar refractivity (Wildman–Crippen MR) is 60.3 cm³/mol. The van der Waals surface area contributed by atoms with Crippen molar-refractivity contribution in [2.24, 2.45) is 0 Å². The topological polar surface area (TPSA) is 17.1 Å². The molecule has 0 aromatic heterocycles. The molecule has 0 saturated heterocycles. The smallest absolute Gasteiger partial charge is 0.146 e. The second-order valence-electron chi connectivity index (χ2n) is 3.59. The Morgan fingerprint density at radius 3 is 2.60 bits per heavy atom. The number of allylic oxidation sites excluding steroid dienone is 2. The van der Waals surface area contributed by atoms with E-state index in [-0.39, 0.29) is 0 Å². The SMILES string of the molecule is O=CC1=C(C#Cc2ccccc2)CCC1. The molecule has 2 rings (SSSR count). The number of carbonyl (C=O) groups is 1. The van der Waals surface area contributed by atoms with E-state index < -0.39 is 0 Å². The molecule has 1 nitrogen and oxygen atoms in total. The molecule has 0 heterocycles. The number of benzene rings is 1. The summed E-state index contributed by atoms with van der Waals surface area (Å²) in [7, 11) is 0. The average Bonchev–Trinajstić information content (AvgIpc) is 2.75.